The molecule has 0 N–H and O–H groups in total. The first-order valence-electron chi connectivity index (χ1n) is 5.91. The molecule has 0 unspecified atom stereocenters. The zero-order valence-corrected chi connectivity index (χ0v) is 12.9. The van der Waals surface area contributed by atoms with E-state index in [0.29, 0.717) is 38.6 Å². The number of hydrogen-bond donors (Lipinski definition) is 1. The molecule has 110 valence electrons. The van der Waals surface area contributed by atoms with Crippen molar-refractivity contribution in [2.24, 2.45) is 0 Å². The van der Waals surface area contributed by atoms with Gasteiger partial charge in [0.15, 0.2) is 0 Å². The van der Waals surface area contributed by atoms with Crippen LogP contribution in [0.5, 0.6) is 0 Å². The van der Waals surface area contributed by atoms with Crippen LogP contribution < -0.4 is 0 Å². The SMILES string of the molecule is CCOO[Si](OCCCS)(OOCC)OOCC. The second kappa shape index (κ2) is 12.3. The fourth-order valence-electron chi connectivity index (χ4n) is 0.769. The van der Waals surface area contributed by atoms with E-state index in [-0.39, 0.29) is 0 Å². The van der Waals surface area contributed by atoms with Gasteiger partial charge in [0.25, 0.3) is 0 Å². The molecule has 0 aromatic rings. The molecule has 9 heteroatoms. The Morgan fingerprint density at radius 2 is 1.28 bits per heavy atom. The molecule has 0 aromatic carbocycles. The first kappa shape index (κ1) is 18.3. The zero-order valence-electron chi connectivity index (χ0n) is 11.0. The highest BCUT2D eigenvalue weighted by atomic mass is 32.1. The van der Waals surface area contributed by atoms with E-state index in [4.69, 9.17) is 32.8 Å². The maximum absolute atomic E-state index is 5.42. The van der Waals surface area contributed by atoms with Crippen molar-refractivity contribution in [1.82, 2.24) is 0 Å². The fraction of sp³-hybridized carbons (Fsp3) is 1.00. The Balaban J connectivity index is 4.41. The number of thiol groups is 1. The molecule has 7 nitrogen and oxygen atoms in total. The zero-order chi connectivity index (χ0) is 13.7. The van der Waals surface area contributed by atoms with Crippen molar-refractivity contribution in [3.05, 3.63) is 0 Å². The van der Waals surface area contributed by atoms with Crippen LogP contribution >= 0.6 is 12.6 Å². The normalized spacial score (nSPS) is 12.0. The van der Waals surface area contributed by atoms with Crippen LogP contribution in [0.25, 0.3) is 0 Å². The van der Waals surface area contributed by atoms with Crippen LogP contribution in [0.1, 0.15) is 27.2 Å². The monoisotopic (exact) mass is 302 g/mol. The van der Waals surface area contributed by atoms with Crippen LogP contribution in [0.15, 0.2) is 0 Å². The summed E-state index contributed by atoms with van der Waals surface area (Å²) in [6.45, 7) is 6.56. The largest absolute Gasteiger partial charge is 0.764 e. The number of rotatable bonds is 13. The van der Waals surface area contributed by atoms with Crippen LogP contribution in [0.3, 0.4) is 0 Å². The van der Waals surface area contributed by atoms with Crippen LogP contribution in [-0.2, 0) is 32.8 Å². The van der Waals surface area contributed by atoms with Crippen LogP contribution in [-0.4, -0.2) is 41.2 Å². The fourth-order valence-corrected chi connectivity index (χ4v) is 2.31. The molecule has 0 spiro atoms. The van der Waals surface area contributed by atoms with E-state index in [1.165, 1.54) is 0 Å². The highest BCUT2D eigenvalue weighted by Crippen LogP contribution is 2.14. The lowest BCUT2D eigenvalue weighted by Crippen LogP contribution is -2.49. The van der Waals surface area contributed by atoms with Crippen molar-refractivity contribution in [3.63, 3.8) is 0 Å². The van der Waals surface area contributed by atoms with Crippen LogP contribution in [0, 0.1) is 0 Å². The Kier molecular flexibility index (Phi) is 12.5. The van der Waals surface area contributed by atoms with Crippen LogP contribution in [0.2, 0.25) is 0 Å². The van der Waals surface area contributed by atoms with E-state index < -0.39 is 9.05 Å². The summed E-state index contributed by atoms with van der Waals surface area (Å²) in [7, 11) is -3.60. The smallest absolute Gasteiger partial charge is 0.347 e. The second-order valence-corrected chi connectivity index (χ2v) is 5.13. The van der Waals surface area contributed by atoms with E-state index in [9.17, 15) is 0 Å². The predicted molar refractivity (Wildman–Crippen MR) is 68.3 cm³/mol. The maximum Gasteiger partial charge on any atom is 0.764 e. The average Bonchev–Trinajstić information content (AvgIpc) is 2.40. The van der Waals surface area contributed by atoms with Gasteiger partial charge < -0.3 is 4.43 Å². The Labute approximate surface area is 114 Å². The molecule has 0 aliphatic rings. The average molecular weight is 302 g/mol. The van der Waals surface area contributed by atoms with Gasteiger partial charge in [-0.15, -0.1) is 0 Å². The molecule has 0 bridgehead atoms. The molecule has 0 amide bonds. The van der Waals surface area contributed by atoms with Gasteiger partial charge in [-0.05, 0) is 32.9 Å². The summed E-state index contributed by atoms with van der Waals surface area (Å²) in [5.74, 6) is 0.669. The summed E-state index contributed by atoms with van der Waals surface area (Å²) < 4.78 is 20.5. The van der Waals surface area contributed by atoms with E-state index in [0.717, 1.165) is 0 Å². The van der Waals surface area contributed by atoms with Crippen molar-refractivity contribution in [2.45, 2.75) is 27.2 Å². The van der Waals surface area contributed by atoms with Crippen molar-refractivity contribution in [1.29, 1.82) is 0 Å². The van der Waals surface area contributed by atoms with Gasteiger partial charge >= 0.3 is 9.05 Å². The van der Waals surface area contributed by atoms with Crippen molar-refractivity contribution in [3.8, 4) is 0 Å². The summed E-state index contributed by atoms with van der Waals surface area (Å²) in [6.07, 6.45) is 0.707. The van der Waals surface area contributed by atoms with Gasteiger partial charge in [-0.25, -0.2) is 14.7 Å². The summed E-state index contributed by atoms with van der Waals surface area (Å²) in [6, 6.07) is 0. The van der Waals surface area contributed by atoms with Crippen LogP contribution in [0.4, 0.5) is 0 Å². The Hall–Kier alpha value is 0.287. The summed E-state index contributed by atoms with van der Waals surface area (Å²) in [5, 5.41) is 0. The van der Waals surface area contributed by atoms with E-state index in [1.807, 2.05) is 0 Å². The third-order valence-electron chi connectivity index (χ3n) is 1.42. The minimum atomic E-state index is -3.60. The summed E-state index contributed by atoms with van der Waals surface area (Å²) in [5.41, 5.74) is 0. The first-order valence-corrected chi connectivity index (χ1v) is 8.17. The lowest BCUT2D eigenvalue weighted by molar-refractivity contribution is -0.385. The topological polar surface area (TPSA) is 64.6 Å². The molecular weight excluding hydrogens is 280 g/mol. The minimum Gasteiger partial charge on any atom is -0.347 e. The Morgan fingerprint density at radius 1 is 0.833 bits per heavy atom. The molecular formula is C9H22O7SSi. The number of hydrogen-bond acceptors (Lipinski definition) is 8. The molecule has 0 heterocycles. The molecule has 0 fully saturated rings. The van der Waals surface area contributed by atoms with Gasteiger partial charge in [-0.3, -0.25) is 0 Å². The van der Waals surface area contributed by atoms with E-state index in [1.54, 1.807) is 20.8 Å². The highest BCUT2D eigenvalue weighted by molar-refractivity contribution is 7.80. The van der Waals surface area contributed by atoms with Gasteiger partial charge in [-0.1, -0.05) is 0 Å². The van der Waals surface area contributed by atoms with Gasteiger partial charge in [0.1, 0.15) is 0 Å². The van der Waals surface area contributed by atoms with Crippen molar-refractivity contribution >= 4 is 21.7 Å². The summed E-state index contributed by atoms with van der Waals surface area (Å²) in [4.78, 5) is 14.5. The molecule has 0 atom stereocenters. The van der Waals surface area contributed by atoms with E-state index >= 15 is 0 Å². The van der Waals surface area contributed by atoms with Gasteiger partial charge in [0.2, 0.25) is 0 Å². The molecule has 18 heavy (non-hydrogen) atoms. The van der Waals surface area contributed by atoms with Crippen molar-refractivity contribution in [2.75, 3.05) is 32.2 Å². The molecule has 0 aliphatic heterocycles. The molecule has 0 aliphatic carbocycles. The van der Waals surface area contributed by atoms with E-state index in [2.05, 4.69) is 12.6 Å². The standard InChI is InChI=1S/C9H22O7SSi/c1-4-10-14-18(15-11-5-2,16-12-6-3)13-8-7-9-17/h17H,4-9H2,1-3H3. The lowest BCUT2D eigenvalue weighted by Gasteiger charge is -2.23. The molecule has 0 rings (SSSR count). The second-order valence-electron chi connectivity index (χ2n) is 2.90. The molecule has 0 saturated carbocycles. The Bertz CT molecular complexity index is 165. The minimum absolute atomic E-state index is 0.315. The van der Waals surface area contributed by atoms with Gasteiger partial charge in [0.05, 0.1) is 19.8 Å². The Morgan fingerprint density at radius 3 is 1.61 bits per heavy atom. The third kappa shape index (κ3) is 8.40. The highest BCUT2D eigenvalue weighted by Gasteiger charge is 2.52. The molecule has 0 radical (unpaired) electrons. The molecule has 0 saturated heterocycles. The summed E-state index contributed by atoms with van der Waals surface area (Å²) >= 11 is 4.08. The first-order chi connectivity index (χ1) is 8.74. The van der Waals surface area contributed by atoms with Gasteiger partial charge in [0, 0.05) is 6.61 Å². The van der Waals surface area contributed by atoms with Crippen molar-refractivity contribution < 1.29 is 32.8 Å². The lowest BCUT2D eigenvalue weighted by atomic mass is 10.5. The quantitative estimate of drug-likeness (QED) is 0.182. The maximum atomic E-state index is 5.42. The predicted octanol–water partition coefficient (Wildman–Crippen LogP) is 1.66. The van der Waals surface area contributed by atoms with Gasteiger partial charge in [-0.2, -0.15) is 26.4 Å². The molecule has 0 aromatic heterocycles. The third-order valence-corrected chi connectivity index (χ3v) is 3.26.